The van der Waals surface area contributed by atoms with Crippen LogP contribution >= 0.6 is 9.24 Å². The largest absolute Gasteiger partial charge is 0.309 e. The van der Waals surface area contributed by atoms with E-state index in [1.54, 1.807) is 0 Å². The van der Waals surface area contributed by atoms with Crippen LogP contribution in [0.25, 0.3) is 88.1 Å². The van der Waals surface area contributed by atoms with Gasteiger partial charge in [-0.2, -0.15) is 0 Å². The molecule has 3 radical (unpaired) electrons. The first-order valence-electron chi connectivity index (χ1n) is 19.1. The third-order valence-corrected chi connectivity index (χ3v) is 10.4. The van der Waals surface area contributed by atoms with E-state index in [1.807, 2.05) is 48.7 Å². The number of fused-ring (bicyclic) bond motifs is 7. The summed E-state index contributed by atoms with van der Waals surface area (Å²) in [5.74, 6) is 0. The predicted octanol–water partition coefficient (Wildman–Crippen LogP) is 13.2. The zero-order valence-corrected chi connectivity index (χ0v) is 35.2. The molecule has 3 heterocycles. The molecule has 11 rings (SSSR count). The molecule has 0 spiro atoms. The van der Waals surface area contributed by atoms with Crippen LogP contribution in [0, 0.1) is 6.07 Å². The van der Waals surface area contributed by atoms with Crippen LogP contribution < -0.4 is 0 Å². The number of para-hydroxylation sites is 4. The van der Waals surface area contributed by atoms with Crippen molar-refractivity contribution in [2.45, 2.75) is 0 Å². The molecule has 0 bridgehead atoms. The van der Waals surface area contributed by atoms with E-state index in [1.165, 1.54) is 76.9 Å². The van der Waals surface area contributed by atoms with E-state index in [0.717, 1.165) is 11.3 Å². The molecule has 1 atom stereocenters. The molecule has 0 aliphatic heterocycles. The molecule has 0 saturated heterocycles. The van der Waals surface area contributed by atoms with E-state index >= 15 is 0 Å². The maximum absolute atomic E-state index is 4.81. The van der Waals surface area contributed by atoms with Gasteiger partial charge in [0.15, 0.2) is 0 Å². The Morgan fingerprint density at radius 2 is 0.828 bits per heavy atom. The van der Waals surface area contributed by atoms with Gasteiger partial charge < -0.3 is 14.1 Å². The van der Waals surface area contributed by atoms with Crippen LogP contribution in [0.3, 0.4) is 0 Å². The summed E-state index contributed by atoms with van der Waals surface area (Å²) in [6.45, 7) is 0. The van der Waals surface area contributed by atoms with Crippen molar-refractivity contribution in [1.82, 2.24) is 14.1 Å². The summed E-state index contributed by atoms with van der Waals surface area (Å²) in [6.07, 6.45) is 1.85. The third-order valence-electron chi connectivity index (χ3n) is 10.4. The Labute approximate surface area is 356 Å². The van der Waals surface area contributed by atoms with Gasteiger partial charge in [0.2, 0.25) is 0 Å². The number of benzene rings is 8. The van der Waals surface area contributed by atoms with Crippen LogP contribution in [0.1, 0.15) is 0 Å². The molecule has 8 aromatic carbocycles. The SMILES string of the molecule is [B]CP.[Ir].[c-]1ccccc1-c1nccc2ccccc12.c1ccc2c(c1)c1ccccc1n2-c1ccc(-c2ccc(-n3c4ccccc4c4ccccc43)cc2)cc1. The fourth-order valence-electron chi connectivity index (χ4n) is 7.88. The molecule has 279 valence electrons. The van der Waals surface area contributed by atoms with Crippen LogP contribution in [-0.2, 0) is 20.1 Å². The smallest absolute Gasteiger partial charge is 0.0709 e. The van der Waals surface area contributed by atoms with Gasteiger partial charge in [-0.05, 0) is 82.2 Å². The fourth-order valence-corrected chi connectivity index (χ4v) is 7.88. The van der Waals surface area contributed by atoms with Crippen molar-refractivity contribution in [1.29, 1.82) is 0 Å². The normalized spacial score (nSPS) is 10.8. The molecule has 11 aromatic rings. The summed E-state index contributed by atoms with van der Waals surface area (Å²) in [5, 5.41) is 7.53. The Morgan fingerprint density at radius 1 is 0.448 bits per heavy atom. The van der Waals surface area contributed by atoms with E-state index in [2.05, 4.69) is 187 Å². The summed E-state index contributed by atoms with van der Waals surface area (Å²) in [4.78, 5) is 4.45. The number of hydrogen-bond acceptors (Lipinski definition) is 1. The Balaban J connectivity index is 0.000000196. The van der Waals surface area contributed by atoms with Gasteiger partial charge in [0.05, 0.1) is 29.9 Å². The maximum Gasteiger partial charge on any atom is 0.0709 e. The number of pyridine rings is 1. The van der Waals surface area contributed by atoms with Gasteiger partial charge in [-0.25, -0.2) is 0 Å². The average molecular weight is 939 g/mol. The van der Waals surface area contributed by atoms with Gasteiger partial charge in [0.25, 0.3) is 0 Å². The molecule has 0 aliphatic rings. The molecule has 0 saturated carbocycles. The molecule has 0 fully saturated rings. The van der Waals surface area contributed by atoms with Gasteiger partial charge in [-0.15, -0.1) is 45.1 Å². The maximum atomic E-state index is 4.81. The average Bonchev–Trinajstić information content (AvgIpc) is 3.80. The third kappa shape index (κ3) is 7.41. The summed E-state index contributed by atoms with van der Waals surface area (Å²) in [6, 6.07) is 74.5. The minimum atomic E-state index is 0. The van der Waals surface area contributed by atoms with Gasteiger partial charge in [-0.3, -0.25) is 0 Å². The summed E-state index contributed by atoms with van der Waals surface area (Å²) in [7, 11) is 7.17. The first kappa shape index (κ1) is 38.8. The molecule has 0 aliphatic carbocycles. The monoisotopic (exact) mass is 939 g/mol. The number of rotatable bonds is 4. The van der Waals surface area contributed by atoms with Gasteiger partial charge >= 0.3 is 0 Å². The first-order valence-corrected chi connectivity index (χ1v) is 19.9. The zero-order chi connectivity index (χ0) is 38.6. The molecule has 3 aromatic heterocycles. The second kappa shape index (κ2) is 17.6. The van der Waals surface area contributed by atoms with E-state index in [-0.39, 0.29) is 20.1 Å². The Bertz CT molecular complexity index is 2850. The minimum absolute atomic E-state index is 0. The molecule has 3 nitrogen and oxygen atoms in total. The number of hydrogen-bond donors (Lipinski definition) is 0. The Morgan fingerprint density at radius 3 is 1.24 bits per heavy atom. The van der Waals surface area contributed by atoms with Crippen molar-refractivity contribution in [2.24, 2.45) is 0 Å². The first-order chi connectivity index (χ1) is 28.2. The summed E-state index contributed by atoms with van der Waals surface area (Å²) >= 11 is 0. The second-order valence-corrected chi connectivity index (χ2v) is 14.2. The van der Waals surface area contributed by atoms with Crippen molar-refractivity contribution in [3.63, 3.8) is 0 Å². The predicted molar refractivity (Wildman–Crippen MR) is 247 cm³/mol. The van der Waals surface area contributed by atoms with E-state index in [0.29, 0.717) is 6.06 Å². The van der Waals surface area contributed by atoms with Crippen LogP contribution in [0.2, 0.25) is 0 Å². The Kier molecular flexibility index (Phi) is 11.8. The van der Waals surface area contributed by atoms with Crippen molar-refractivity contribution >= 4 is 71.5 Å². The molecular formula is C52H38BIrN3P-. The molecule has 0 amide bonds. The zero-order valence-electron chi connectivity index (χ0n) is 31.7. The quantitative estimate of drug-likeness (QED) is 0.0979. The molecule has 58 heavy (non-hydrogen) atoms. The van der Waals surface area contributed by atoms with Gasteiger partial charge in [0, 0.05) is 59.2 Å². The van der Waals surface area contributed by atoms with Crippen LogP contribution in [0.5, 0.6) is 0 Å². The number of nitrogens with zero attached hydrogens (tertiary/aromatic N) is 3. The van der Waals surface area contributed by atoms with Crippen molar-refractivity contribution in [3.8, 4) is 33.8 Å². The van der Waals surface area contributed by atoms with Crippen LogP contribution in [0.4, 0.5) is 0 Å². The number of aromatic nitrogens is 3. The van der Waals surface area contributed by atoms with Gasteiger partial charge in [0.1, 0.15) is 0 Å². The second-order valence-electron chi connectivity index (χ2n) is 13.7. The van der Waals surface area contributed by atoms with Crippen molar-refractivity contribution in [2.75, 3.05) is 6.06 Å². The minimum Gasteiger partial charge on any atom is -0.309 e. The summed E-state index contributed by atoms with van der Waals surface area (Å²) < 4.78 is 4.72. The molecule has 1 unspecified atom stereocenters. The van der Waals surface area contributed by atoms with Crippen LogP contribution in [-0.4, -0.2) is 28.0 Å². The topological polar surface area (TPSA) is 22.8 Å². The standard InChI is InChI=1S/C36H24N2.C15H10N.CH4BP.Ir/c1-5-13-33-29(9-1)30-10-2-6-14-34(30)37(33)27-21-17-25(18-22-27)26-19-23-28(24-20-26)38-35-15-7-3-11-31(35)32-12-4-8-16-36(32)38;1-2-7-13(8-3-1)15-14-9-5-4-6-12(14)10-11-16-15;2-1-3;/h1-24H;1-7,9-11H;1,3H2;/q;-1;;. The van der Waals surface area contributed by atoms with Gasteiger partial charge in [-0.1, -0.05) is 127 Å². The molecule has 0 N–H and O–H groups in total. The van der Waals surface area contributed by atoms with Crippen molar-refractivity contribution in [3.05, 3.63) is 212 Å². The fraction of sp³-hybridized carbons (Fsp3) is 0.0192. The Hall–Kier alpha value is -6.09. The van der Waals surface area contributed by atoms with E-state index in [9.17, 15) is 0 Å². The molecular weight excluding hydrogens is 901 g/mol. The summed E-state index contributed by atoms with van der Waals surface area (Å²) in [5.41, 5.74) is 11.7. The molecule has 6 heteroatoms. The van der Waals surface area contributed by atoms with E-state index < -0.39 is 0 Å². The van der Waals surface area contributed by atoms with Crippen molar-refractivity contribution < 1.29 is 20.1 Å². The van der Waals surface area contributed by atoms with E-state index in [4.69, 9.17) is 7.85 Å². The van der Waals surface area contributed by atoms with Crippen LogP contribution in [0.15, 0.2) is 206 Å².